The Bertz CT molecular complexity index is 1800. The summed E-state index contributed by atoms with van der Waals surface area (Å²) in [5.74, 6) is -1.23. The molecule has 1 heterocycles. The van der Waals surface area contributed by atoms with Crippen molar-refractivity contribution in [1.82, 2.24) is 0 Å². The lowest BCUT2D eigenvalue weighted by atomic mass is 9.86. The Hall–Kier alpha value is -4.92. The highest BCUT2D eigenvalue weighted by molar-refractivity contribution is 7.18. The summed E-state index contributed by atoms with van der Waals surface area (Å²) in [6, 6.07) is 40.0. The number of carboxylic acid groups (broad SMARTS) is 1. The van der Waals surface area contributed by atoms with Crippen LogP contribution in [-0.4, -0.2) is 11.1 Å². The lowest BCUT2D eigenvalue weighted by Gasteiger charge is -2.28. The zero-order valence-electron chi connectivity index (χ0n) is 26.6. The molecule has 1 aromatic heterocycles. The average Bonchev–Trinajstić information content (AvgIpc) is 3.51. The SMILES string of the molecule is CC(C)(C)c1ccc(N(c2ccc(-c3ccc(-c4ccc(/C=C(\C#N)C(=O)O)cc4)s3)cc2)c2ccc(C(C)(C)C)cc2)cc1. The molecule has 0 aliphatic carbocycles. The zero-order valence-corrected chi connectivity index (χ0v) is 27.4. The van der Waals surface area contributed by atoms with E-state index in [-0.39, 0.29) is 16.4 Å². The Kier molecular flexibility index (Phi) is 8.82. The van der Waals surface area contributed by atoms with Gasteiger partial charge in [0.15, 0.2) is 0 Å². The van der Waals surface area contributed by atoms with E-state index >= 15 is 0 Å². The van der Waals surface area contributed by atoms with Crippen LogP contribution in [0.4, 0.5) is 17.1 Å². The maximum atomic E-state index is 11.2. The van der Waals surface area contributed by atoms with Gasteiger partial charge < -0.3 is 10.0 Å². The fourth-order valence-corrected chi connectivity index (χ4v) is 6.16. The number of aliphatic carboxylic acids is 1. The molecule has 1 N–H and O–H groups in total. The minimum Gasteiger partial charge on any atom is -0.477 e. The van der Waals surface area contributed by atoms with Crippen LogP contribution in [0, 0.1) is 11.3 Å². The van der Waals surface area contributed by atoms with Gasteiger partial charge in [-0.05, 0) is 93.3 Å². The van der Waals surface area contributed by atoms with Crippen molar-refractivity contribution in [3.63, 3.8) is 0 Å². The van der Waals surface area contributed by atoms with Gasteiger partial charge in [0, 0.05) is 26.8 Å². The van der Waals surface area contributed by atoms with Crippen LogP contribution < -0.4 is 4.90 Å². The predicted octanol–water partition coefficient (Wildman–Crippen LogP) is 11.1. The molecule has 0 aliphatic heterocycles. The maximum Gasteiger partial charge on any atom is 0.346 e. The number of carbonyl (C=O) groups is 1. The Labute approximate surface area is 270 Å². The third-order valence-electron chi connectivity index (χ3n) is 7.86. The summed E-state index contributed by atoms with van der Waals surface area (Å²) >= 11 is 1.71. The number of rotatable bonds is 7. The molecule has 5 aromatic rings. The van der Waals surface area contributed by atoms with Crippen LogP contribution in [0.15, 0.2) is 115 Å². The summed E-state index contributed by atoms with van der Waals surface area (Å²) in [6.07, 6.45) is 1.38. The fourth-order valence-electron chi connectivity index (χ4n) is 5.14. The van der Waals surface area contributed by atoms with E-state index in [4.69, 9.17) is 10.4 Å². The molecule has 45 heavy (non-hydrogen) atoms. The van der Waals surface area contributed by atoms with Crippen LogP contribution in [0.2, 0.25) is 0 Å². The van der Waals surface area contributed by atoms with Crippen LogP contribution in [0.5, 0.6) is 0 Å². The second-order valence-electron chi connectivity index (χ2n) is 13.2. The van der Waals surface area contributed by atoms with Gasteiger partial charge in [-0.15, -0.1) is 11.3 Å². The smallest absolute Gasteiger partial charge is 0.346 e. The highest BCUT2D eigenvalue weighted by Crippen LogP contribution is 2.39. The number of carboxylic acids is 1. The first-order valence-corrected chi connectivity index (χ1v) is 15.8. The van der Waals surface area contributed by atoms with Gasteiger partial charge in [-0.3, -0.25) is 0 Å². The molecule has 226 valence electrons. The number of hydrogen-bond acceptors (Lipinski definition) is 4. The van der Waals surface area contributed by atoms with Crippen LogP contribution in [-0.2, 0) is 15.6 Å². The fraction of sp³-hybridized carbons (Fsp3) is 0.200. The van der Waals surface area contributed by atoms with Crippen LogP contribution >= 0.6 is 11.3 Å². The van der Waals surface area contributed by atoms with Crippen molar-refractivity contribution in [2.45, 2.75) is 52.4 Å². The van der Waals surface area contributed by atoms with Gasteiger partial charge in [-0.25, -0.2) is 4.79 Å². The number of benzene rings is 4. The van der Waals surface area contributed by atoms with Crippen molar-refractivity contribution in [2.75, 3.05) is 4.90 Å². The molecule has 0 spiro atoms. The zero-order chi connectivity index (χ0) is 32.4. The van der Waals surface area contributed by atoms with Crippen molar-refractivity contribution in [1.29, 1.82) is 5.26 Å². The third-order valence-corrected chi connectivity index (χ3v) is 9.04. The summed E-state index contributed by atoms with van der Waals surface area (Å²) in [7, 11) is 0. The number of anilines is 3. The molecule has 0 saturated heterocycles. The van der Waals surface area contributed by atoms with E-state index in [9.17, 15) is 4.79 Å². The maximum absolute atomic E-state index is 11.2. The normalized spacial score (nSPS) is 12.1. The lowest BCUT2D eigenvalue weighted by molar-refractivity contribution is -0.132. The molecule has 0 atom stereocenters. The largest absolute Gasteiger partial charge is 0.477 e. The lowest BCUT2D eigenvalue weighted by Crippen LogP contribution is -2.14. The monoisotopic (exact) mass is 610 g/mol. The van der Waals surface area contributed by atoms with Crippen molar-refractivity contribution < 1.29 is 9.90 Å². The molecular weight excluding hydrogens is 573 g/mol. The Balaban J connectivity index is 1.43. The second-order valence-corrected chi connectivity index (χ2v) is 14.3. The van der Waals surface area contributed by atoms with Crippen molar-refractivity contribution in [3.05, 3.63) is 131 Å². The summed E-state index contributed by atoms with van der Waals surface area (Å²) in [6.45, 7) is 13.4. The molecule has 4 nitrogen and oxygen atoms in total. The highest BCUT2D eigenvalue weighted by atomic mass is 32.1. The van der Waals surface area contributed by atoms with E-state index in [0.717, 1.165) is 37.9 Å². The van der Waals surface area contributed by atoms with Crippen molar-refractivity contribution >= 4 is 40.4 Å². The van der Waals surface area contributed by atoms with Crippen LogP contribution in [0.3, 0.4) is 0 Å². The average molecular weight is 611 g/mol. The second kappa shape index (κ2) is 12.6. The Morgan fingerprint density at radius 3 is 1.38 bits per heavy atom. The van der Waals surface area contributed by atoms with Gasteiger partial charge in [0.2, 0.25) is 0 Å². The molecule has 0 aliphatic rings. The number of nitriles is 1. The van der Waals surface area contributed by atoms with E-state index in [0.29, 0.717) is 5.56 Å². The first-order valence-electron chi connectivity index (χ1n) is 15.0. The van der Waals surface area contributed by atoms with E-state index in [1.807, 2.05) is 24.3 Å². The minimum atomic E-state index is -1.23. The molecular formula is C40H38N2O2S. The first-order chi connectivity index (χ1) is 21.3. The van der Waals surface area contributed by atoms with Gasteiger partial charge in [0.1, 0.15) is 11.6 Å². The predicted molar refractivity (Wildman–Crippen MR) is 188 cm³/mol. The summed E-state index contributed by atoms with van der Waals surface area (Å²) in [5.41, 5.74) is 8.65. The molecule has 4 aromatic carbocycles. The van der Waals surface area contributed by atoms with Gasteiger partial charge in [0.25, 0.3) is 0 Å². The molecule has 5 heteroatoms. The molecule has 0 saturated carbocycles. The topological polar surface area (TPSA) is 64.3 Å². The number of hydrogen-bond donors (Lipinski definition) is 1. The van der Waals surface area contributed by atoms with Crippen molar-refractivity contribution in [2.24, 2.45) is 0 Å². The summed E-state index contributed by atoms with van der Waals surface area (Å²) in [4.78, 5) is 15.7. The standard InChI is InChI=1S/C40H38N2O2S/c1-39(2,3)31-13-19-34(20-14-31)42(35-21-15-32(16-22-35)40(4,5)6)33-17-11-29(12-18-33)37-24-23-36(45-37)28-9-7-27(8-10-28)25-30(26-41)38(43)44/h7-25H,1-6H3,(H,43,44)/b30-25+. The van der Waals surface area contributed by atoms with E-state index in [1.165, 1.54) is 17.2 Å². The Morgan fingerprint density at radius 1 is 0.644 bits per heavy atom. The summed E-state index contributed by atoms with van der Waals surface area (Å²) < 4.78 is 0. The van der Waals surface area contributed by atoms with Gasteiger partial charge in [-0.1, -0.05) is 102 Å². The number of nitrogens with zero attached hydrogens (tertiary/aromatic N) is 2. The molecule has 5 rings (SSSR count). The molecule has 0 fully saturated rings. The molecule has 0 unspecified atom stereocenters. The molecule has 0 amide bonds. The highest BCUT2D eigenvalue weighted by Gasteiger charge is 2.19. The van der Waals surface area contributed by atoms with E-state index in [1.54, 1.807) is 17.4 Å². The van der Waals surface area contributed by atoms with Crippen LogP contribution in [0.25, 0.3) is 27.0 Å². The summed E-state index contributed by atoms with van der Waals surface area (Å²) in [5, 5.41) is 18.2. The van der Waals surface area contributed by atoms with Crippen molar-refractivity contribution in [3.8, 4) is 27.0 Å². The van der Waals surface area contributed by atoms with Gasteiger partial charge in [-0.2, -0.15) is 5.26 Å². The Morgan fingerprint density at radius 2 is 1.02 bits per heavy atom. The quantitative estimate of drug-likeness (QED) is 0.147. The first kappa shape index (κ1) is 31.5. The molecule has 0 radical (unpaired) electrons. The van der Waals surface area contributed by atoms with Crippen LogP contribution in [0.1, 0.15) is 58.2 Å². The van der Waals surface area contributed by atoms with E-state index < -0.39 is 5.97 Å². The van der Waals surface area contributed by atoms with E-state index in [2.05, 4.69) is 131 Å². The third kappa shape index (κ3) is 7.25. The van der Waals surface area contributed by atoms with Gasteiger partial charge in [0.05, 0.1) is 0 Å². The minimum absolute atomic E-state index is 0.0826. The molecule has 0 bridgehead atoms. The number of thiophene rings is 1. The van der Waals surface area contributed by atoms with Gasteiger partial charge >= 0.3 is 5.97 Å².